The number of nitrogens with one attached hydrogen (secondary N) is 1. The Balaban J connectivity index is 1.99. The van der Waals surface area contributed by atoms with E-state index in [1.807, 2.05) is 11.8 Å². The second-order valence-corrected chi connectivity index (χ2v) is 6.52. The highest BCUT2D eigenvalue weighted by Crippen LogP contribution is 2.34. The summed E-state index contributed by atoms with van der Waals surface area (Å²) in [4.78, 5) is 1.38. The highest BCUT2D eigenvalue weighted by atomic mass is 79.9. The monoisotopic (exact) mass is 299 g/mol. The molecule has 0 aliphatic heterocycles. The van der Waals surface area contributed by atoms with Crippen molar-refractivity contribution in [3.63, 3.8) is 0 Å². The number of hydrogen-bond donors (Lipinski definition) is 1. The summed E-state index contributed by atoms with van der Waals surface area (Å²) in [5.41, 5.74) is 0. The van der Waals surface area contributed by atoms with Crippen molar-refractivity contribution in [1.29, 1.82) is 0 Å². The van der Waals surface area contributed by atoms with Crippen LogP contribution in [0.2, 0.25) is 0 Å². The first-order chi connectivity index (χ1) is 7.79. The molecule has 0 saturated heterocycles. The maximum atomic E-state index is 3.47. The first-order valence-corrected chi connectivity index (χ1v) is 7.56. The van der Waals surface area contributed by atoms with Gasteiger partial charge in [-0.15, -0.1) is 11.8 Å². The Labute approximate surface area is 111 Å². The van der Waals surface area contributed by atoms with Crippen molar-refractivity contribution in [3.05, 3.63) is 28.7 Å². The molecular formula is C13H18BrNS. The predicted octanol–water partition coefficient (Wildman–Crippen LogP) is 4.07. The van der Waals surface area contributed by atoms with Crippen molar-refractivity contribution >= 4 is 27.7 Å². The van der Waals surface area contributed by atoms with Crippen molar-refractivity contribution in [2.45, 2.75) is 41.9 Å². The van der Waals surface area contributed by atoms with E-state index >= 15 is 0 Å². The molecule has 3 heteroatoms. The van der Waals surface area contributed by atoms with Crippen molar-refractivity contribution in [2.24, 2.45) is 0 Å². The topological polar surface area (TPSA) is 12.0 Å². The first kappa shape index (κ1) is 12.5. The fourth-order valence-electron chi connectivity index (χ4n) is 2.26. The summed E-state index contributed by atoms with van der Waals surface area (Å²) in [6.45, 7) is 0. The summed E-state index contributed by atoms with van der Waals surface area (Å²) in [6, 6.07) is 9.34. The van der Waals surface area contributed by atoms with Crippen LogP contribution in [-0.4, -0.2) is 18.3 Å². The van der Waals surface area contributed by atoms with E-state index < -0.39 is 0 Å². The maximum Gasteiger partial charge on any atom is 0.0248 e. The Morgan fingerprint density at radius 2 is 1.88 bits per heavy atom. The average molecular weight is 300 g/mol. The Morgan fingerprint density at radius 3 is 2.56 bits per heavy atom. The summed E-state index contributed by atoms with van der Waals surface area (Å²) in [6.07, 6.45) is 5.42. The summed E-state index contributed by atoms with van der Waals surface area (Å²) in [7, 11) is 2.09. The lowest BCUT2D eigenvalue weighted by atomic mass is 9.95. The van der Waals surface area contributed by atoms with Crippen LogP contribution in [0.3, 0.4) is 0 Å². The number of halogens is 1. The third-order valence-electron chi connectivity index (χ3n) is 3.17. The molecule has 0 spiro atoms. The highest BCUT2D eigenvalue weighted by molar-refractivity contribution is 9.10. The van der Waals surface area contributed by atoms with E-state index in [-0.39, 0.29) is 0 Å². The van der Waals surface area contributed by atoms with E-state index in [1.54, 1.807) is 0 Å². The summed E-state index contributed by atoms with van der Waals surface area (Å²) in [5.74, 6) is 0. The van der Waals surface area contributed by atoms with Gasteiger partial charge < -0.3 is 5.32 Å². The van der Waals surface area contributed by atoms with E-state index in [2.05, 4.69) is 52.6 Å². The fraction of sp³-hybridized carbons (Fsp3) is 0.538. The molecule has 1 saturated carbocycles. The molecule has 1 N–H and O–H groups in total. The molecule has 16 heavy (non-hydrogen) atoms. The number of hydrogen-bond acceptors (Lipinski definition) is 2. The predicted molar refractivity (Wildman–Crippen MR) is 75.1 cm³/mol. The zero-order valence-corrected chi connectivity index (χ0v) is 12.0. The van der Waals surface area contributed by atoms with Gasteiger partial charge in [-0.05, 0) is 44.2 Å². The van der Waals surface area contributed by atoms with Gasteiger partial charge in [-0.25, -0.2) is 0 Å². The van der Waals surface area contributed by atoms with E-state index in [9.17, 15) is 0 Å². The van der Waals surface area contributed by atoms with Gasteiger partial charge in [0, 0.05) is 20.7 Å². The van der Waals surface area contributed by atoms with Crippen LogP contribution >= 0.6 is 27.7 Å². The molecule has 1 aliphatic rings. The molecule has 0 amide bonds. The van der Waals surface area contributed by atoms with Gasteiger partial charge >= 0.3 is 0 Å². The third kappa shape index (κ3) is 3.25. The maximum absolute atomic E-state index is 3.47. The molecule has 2 rings (SSSR count). The number of benzene rings is 1. The molecule has 2 unspecified atom stereocenters. The van der Waals surface area contributed by atoms with Crippen LogP contribution in [0.4, 0.5) is 0 Å². The zero-order valence-electron chi connectivity index (χ0n) is 9.58. The lowest BCUT2D eigenvalue weighted by molar-refractivity contribution is 0.405. The van der Waals surface area contributed by atoms with Gasteiger partial charge in [-0.1, -0.05) is 28.8 Å². The smallest absolute Gasteiger partial charge is 0.0248 e. The quantitative estimate of drug-likeness (QED) is 0.903. The van der Waals surface area contributed by atoms with Crippen LogP contribution in [0.25, 0.3) is 0 Å². The molecule has 1 nitrogen and oxygen atoms in total. The summed E-state index contributed by atoms with van der Waals surface area (Å²) >= 11 is 5.50. The highest BCUT2D eigenvalue weighted by Gasteiger charge is 2.24. The van der Waals surface area contributed by atoms with E-state index in [4.69, 9.17) is 0 Å². The molecule has 1 aliphatic carbocycles. The van der Waals surface area contributed by atoms with Gasteiger partial charge in [0.15, 0.2) is 0 Å². The minimum atomic E-state index is 0.683. The van der Waals surface area contributed by atoms with Gasteiger partial charge in [0.25, 0.3) is 0 Å². The normalized spacial score (nSPS) is 25.6. The molecule has 1 aromatic rings. The van der Waals surface area contributed by atoms with Gasteiger partial charge in [-0.2, -0.15) is 0 Å². The Kier molecular flexibility index (Phi) is 4.74. The van der Waals surface area contributed by atoms with Gasteiger partial charge in [0.1, 0.15) is 0 Å². The zero-order chi connectivity index (χ0) is 11.4. The Bertz CT molecular complexity index is 325. The Morgan fingerprint density at radius 1 is 1.19 bits per heavy atom. The van der Waals surface area contributed by atoms with Crippen LogP contribution in [0.1, 0.15) is 25.7 Å². The van der Waals surface area contributed by atoms with E-state index in [1.165, 1.54) is 30.6 Å². The molecule has 0 heterocycles. The van der Waals surface area contributed by atoms with Crippen LogP contribution in [0.15, 0.2) is 33.6 Å². The molecular weight excluding hydrogens is 282 g/mol. The molecule has 1 fully saturated rings. The lowest BCUT2D eigenvalue weighted by Crippen LogP contribution is -2.38. The molecule has 88 valence electrons. The van der Waals surface area contributed by atoms with E-state index in [0.29, 0.717) is 6.04 Å². The van der Waals surface area contributed by atoms with Gasteiger partial charge in [0.05, 0.1) is 0 Å². The van der Waals surface area contributed by atoms with E-state index in [0.717, 1.165) is 9.72 Å². The van der Waals surface area contributed by atoms with Crippen LogP contribution < -0.4 is 5.32 Å². The van der Waals surface area contributed by atoms with Gasteiger partial charge in [0.2, 0.25) is 0 Å². The van der Waals surface area contributed by atoms with Crippen molar-refractivity contribution < 1.29 is 0 Å². The van der Waals surface area contributed by atoms with Crippen molar-refractivity contribution in [1.82, 2.24) is 5.32 Å². The summed E-state index contributed by atoms with van der Waals surface area (Å²) in [5, 5.41) is 4.19. The second-order valence-electron chi connectivity index (χ2n) is 4.29. The fourth-order valence-corrected chi connectivity index (χ4v) is 3.88. The van der Waals surface area contributed by atoms with Crippen molar-refractivity contribution in [3.8, 4) is 0 Å². The number of rotatable bonds is 3. The van der Waals surface area contributed by atoms with Crippen LogP contribution in [0, 0.1) is 0 Å². The average Bonchev–Trinajstić information content (AvgIpc) is 2.33. The standard InChI is InChI=1S/C13H18BrNS/c1-15-12-4-2-3-5-13(12)16-11-8-6-10(14)7-9-11/h6-9,12-13,15H,2-5H2,1H3. The SMILES string of the molecule is CNC1CCCCC1Sc1ccc(Br)cc1. The number of thioether (sulfide) groups is 1. The minimum absolute atomic E-state index is 0.683. The van der Waals surface area contributed by atoms with Crippen LogP contribution in [0.5, 0.6) is 0 Å². The third-order valence-corrected chi connectivity index (χ3v) is 5.11. The Hall–Kier alpha value is 0.01000. The lowest BCUT2D eigenvalue weighted by Gasteiger charge is -2.30. The minimum Gasteiger partial charge on any atom is -0.316 e. The second kappa shape index (κ2) is 6.08. The van der Waals surface area contributed by atoms with Crippen molar-refractivity contribution in [2.75, 3.05) is 7.05 Å². The first-order valence-electron chi connectivity index (χ1n) is 5.89. The van der Waals surface area contributed by atoms with Crippen LogP contribution in [-0.2, 0) is 0 Å². The molecule has 1 aromatic carbocycles. The molecule has 0 aromatic heterocycles. The molecule has 0 bridgehead atoms. The molecule has 0 radical (unpaired) electrons. The van der Waals surface area contributed by atoms with Gasteiger partial charge in [-0.3, -0.25) is 0 Å². The largest absolute Gasteiger partial charge is 0.316 e. The molecule has 2 atom stereocenters. The summed E-state index contributed by atoms with van der Waals surface area (Å²) < 4.78 is 1.16.